The summed E-state index contributed by atoms with van der Waals surface area (Å²) < 4.78 is 0. The Kier molecular flexibility index (Phi) is 2.18. The Morgan fingerprint density at radius 3 is 2.85 bits per heavy atom. The van der Waals surface area contributed by atoms with Gasteiger partial charge in [-0.15, -0.1) is 0 Å². The van der Waals surface area contributed by atoms with Gasteiger partial charge in [-0.05, 0) is 0 Å². The number of guanidine groups is 1. The van der Waals surface area contributed by atoms with Crippen LogP contribution in [0.4, 0.5) is 0 Å². The van der Waals surface area contributed by atoms with E-state index in [9.17, 15) is 10.1 Å². The number of hydrogen-bond donors (Lipinski definition) is 2. The van der Waals surface area contributed by atoms with E-state index in [0.29, 0.717) is 0 Å². The summed E-state index contributed by atoms with van der Waals surface area (Å²) in [5, 5.41) is 17.3. The summed E-state index contributed by atoms with van der Waals surface area (Å²) in [6, 6.07) is 0. The van der Waals surface area contributed by atoms with Gasteiger partial charge < -0.3 is 10.6 Å². The number of nitrogens with two attached hydrogens (primary N) is 1. The molecular formula is C6H9N5O2. The lowest BCUT2D eigenvalue weighted by Gasteiger charge is -2.17. The van der Waals surface area contributed by atoms with Crippen molar-refractivity contribution in [3.63, 3.8) is 0 Å². The number of hydrogen-bond acceptors (Lipinski definition) is 4. The first kappa shape index (κ1) is 9.04. The van der Waals surface area contributed by atoms with Gasteiger partial charge in [0.25, 0.3) is 6.20 Å². The van der Waals surface area contributed by atoms with E-state index in [-0.39, 0.29) is 11.8 Å². The summed E-state index contributed by atoms with van der Waals surface area (Å²) in [5.74, 6) is -0.00815. The second kappa shape index (κ2) is 3.13. The van der Waals surface area contributed by atoms with Crippen LogP contribution < -0.4 is 5.73 Å². The number of nitro groups is 1. The molecule has 13 heavy (non-hydrogen) atoms. The molecule has 7 nitrogen and oxygen atoms in total. The first-order valence-electron chi connectivity index (χ1n) is 3.42. The van der Waals surface area contributed by atoms with Crippen LogP contribution in [0.2, 0.25) is 0 Å². The summed E-state index contributed by atoms with van der Waals surface area (Å²) in [6.07, 6.45) is 3.86. The topological polar surface area (TPSA) is 99.5 Å². The predicted molar refractivity (Wildman–Crippen MR) is 45.7 cm³/mol. The lowest BCUT2D eigenvalue weighted by molar-refractivity contribution is -0.404. The maximum absolute atomic E-state index is 10.2. The van der Waals surface area contributed by atoms with Crippen molar-refractivity contribution in [1.29, 1.82) is 5.41 Å². The van der Waals surface area contributed by atoms with Crippen molar-refractivity contribution in [2.75, 3.05) is 7.05 Å². The molecule has 0 atom stereocenters. The molecule has 70 valence electrons. The van der Waals surface area contributed by atoms with Crippen LogP contribution >= 0.6 is 0 Å². The van der Waals surface area contributed by atoms with E-state index in [1.807, 2.05) is 0 Å². The Labute approximate surface area is 74.4 Å². The van der Waals surface area contributed by atoms with Crippen molar-refractivity contribution in [3.05, 3.63) is 34.5 Å². The molecule has 0 saturated heterocycles. The number of nitrogens with one attached hydrogen (secondary N) is 1. The number of nitrogens with zero attached hydrogens (tertiary/aromatic N) is 3. The smallest absolute Gasteiger partial charge is 0.275 e. The first-order valence-corrected chi connectivity index (χ1v) is 3.42. The zero-order chi connectivity index (χ0) is 10.0. The van der Waals surface area contributed by atoms with Crippen LogP contribution in [0.3, 0.4) is 0 Å². The Morgan fingerprint density at radius 2 is 2.38 bits per heavy atom. The van der Waals surface area contributed by atoms with Gasteiger partial charge in [0.2, 0.25) is 0 Å². The largest absolute Gasteiger partial charge is 0.369 e. The van der Waals surface area contributed by atoms with E-state index in [0.717, 1.165) is 6.20 Å². The molecule has 0 aromatic carbocycles. The van der Waals surface area contributed by atoms with Gasteiger partial charge in [0, 0.05) is 19.4 Å². The summed E-state index contributed by atoms with van der Waals surface area (Å²) in [4.78, 5) is 12.3. The third-order valence-corrected chi connectivity index (χ3v) is 1.53. The molecule has 1 aliphatic heterocycles. The molecule has 0 aromatic rings. The van der Waals surface area contributed by atoms with E-state index < -0.39 is 4.92 Å². The maximum Gasteiger partial charge on any atom is 0.275 e. The second-order valence-electron chi connectivity index (χ2n) is 2.44. The van der Waals surface area contributed by atoms with Crippen molar-refractivity contribution >= 4 is 5.96 Å². The van der Waals surface area contributed by atoms with Crippen molar-refractivity contribution < 1.29 is 4.92 Å². The molecule has 1 aliphatic rings. The SMILES string of the molecule is CN1C=CN(C(=N)N)/C1=C\[N+](=O)[O-]. The summed E-state index contributed by atoms with van der Waals surface area (Å²) in [7, 11) is 1.63. The highest BCUT2D eigenvalue weighted by atomic mass is 16.6. The molecule has 0 unspecified atom stereocenters. The van der Waals surface area contributed by atoms with Gasteiger partial charge in [0.05, 0.1) is 4.92 Å². The van der Waals surface area contributed by atoms with E-state index in [1.54, 1.807) is 13.2 Å². The van der Waals surface area contributed by atoms with Gasteiger partial charge >= 0.3 is 0 Å². The Hall–Kier alpha value is -2.05. The van der Waals surface area contributed by atoms with Crippen LogP contribution in [-0.2, 0) is 0 Å². The van der Waals surface area contributed by atoms with Gasteiger partial charge in [-0.25, -0.2) is 0 Å². The average Bonchev–Trinajstić information content (AvgIpc) is 2.32. The fourth-order valence-corrected chi connectivity index (χ4v) is 0.941. The van der Waals surface area contributed by atoms with Crippen LogP contribution in [0.5, 0.6) is 0 Å². The highest BCUT2D eigenvalue weighted by molar-refractivity contribution is 5.78. The zero-order valence-corrected chi connectivity index (χ0v) is 6.97. The maximum atomic E-state index is 10.2. The quantitative estimate of drug-likeness (QED) is 0.251. The Balaban J connectivity index is 2.94. The minimum absolute atomic E-state index is 0.248. The monoisotopic (exact) mass is 183 g/mol. The standard InChI is InChI=1S/C6H9N5O2/c1-9-2-3-10(6(7)8)5(9)4-11(12)13/h2-4H,1H3,(H3,7,8)/b5-4-. The molecule has 0 aromatic heterocycles. The highest BCUT2D eigenvalue weighted by Crippen LogP contribution is 2.16. The van der Waals surface area contributed by atoms with Gasteiger partial charge in [-0.1, -0.05) is 0 Å². The third-order valence-electron chi connectivity index (χ3n) is 1.53. The second-order valence-corrected chi connectivity index (χ2v) is 2.44. The van der Waals surface area contributed by atoms with Gasteiger partial charge in [0.15, 0.2) is 11.8 Å². The third kappa shape index (κ3) is 1.75. The minimum atomic E-state index is -0.589. The van der Waals surface area contributed by atoms with E-state index >= 15 is 0 Å². The first-order chi connectivity index (χ1) is 6.02. The zero-order valence-electron chi connectivity index (χ0n) is 6.97. The van der Waals surface area contributed by atoms with E-state index in [1.165, 1.54) is 16.0 Å². The molecule has 7 heteroatoms. The molecule has 0 spiro atoms. The van der Waals surface area contributed by atoms with E-state index in [2.05, 4.69) is 0 Å². The molecule has 0 saturated carbocycles. The van der Waals surface area contributed by atoms with Crippen LogP contribution in [0.1, 0.15) is 0 Å². The van der Waals surface area contributed by atoms with Crippen molar-refractivity contribution in [1.82, 2.24) is 9.80 Å². The molecule has 0 fully saturated rings. The predicted octanol–water partition coefficient (Wildman–Crippen LogP) is -0.326. The molecular weight excluding hydrogens is 174 g/mol. The van der Waals surface area contributed by atoms with Gasteiger partial charge in [0.1, 0.15) is 0 Å². The molecule has 3 N–H and O–H groups in total. The lowest BCUT2D eigenvalue weighted by Crippen LogP contribution is -2.32. The fourth-order valence-electron chi connectivity index (χ4n) is 0.941. The summed E-state index contributed by atoms with van der Waals surface area (Å²) in [5.41, 5.74) is 5.19. The highest BCUT2D eigenvalue weighted by Gasteiger charge is 2.21. The average molecular weight is 183 g/mol. The molecule has 1 rings (SSSR count). The van der Waals surface area contributed by atoms with Crippen LogP contribution in [0.25, 0.3) is 0 Å². The fraction of sp³-hybridized carbons (Fsp3) is 0.167. The van der Waals surface area contributed by atoms with Crippen molar-refractivity contribution in [2.24, 2.45) is 5.73 Å². The van der Waals surface area contributed by atoms with Gasteiger partial charge in [-0.3, -0.25) is 20.4 Å². The summed E-state index contributed by atoms with van der Waals surface area (Å²) in [6.45, 7) is 0. The van der Waals surface area contributed by atoms with Gasteiger partial charge in [-0.2, -0.15) is 0 Å². The molecule has 0 amide bonds. The summed E-state index contributed by atoms with van der Waals surface area (Å²) >= 11 is 0. The molecule has 0 radical (unpaired) electrons. The van der Waals surface area contributed by atoms with Crippen molar-refractivity contribution in [3.8, 4) is 0 Å². The minimum Gasteiger partial charge on any atom is -0.369 e. The molecule has 1 heterocycles. The lowest BCUT2D eigenvalue weighted by atomic mass is 10.6. The molecule has 0 bridgehead atoms. The van der Waals surface area contributed by atoms with Crippen LogP contribution in [0.15, 0.2) is 24.4 Å². The molecule has 0 aliphatic carbocycles. The van der Waals surface area contributed by atoms with E-state index in [4.69, 9.17) is 11.1 Å². The Bertz CT molecular complexity index is 308. The van der Waals surface area contributed by atoms with Crippen LogP contribution in [-0.4, -0.2) is 27.7 Å². The number of rotatable bonds is 1. The van der Waals surface area contributed by atoms with Crippen molar-refractivity contribution in [2.45, 2.75) is 0 Å². The Morgan fingerprint density at radius 1 is 1.77 bits per heavy atom. The normalized spacial score (nSPS) is 18.4. The van der Waals surface area contributed by atoms with Crippen LogP contribution in [0, 0.1) is 15.5 Å².